The Balaban J connectivity index is 2.38. The summed E-state index contributed by atoms with van der Waals surface area (Å²) in [7, 11) is 0. The summed E-state index contributed by atoms with van der Waals surface area (Å²) in [4.78, 5) is 22.5. The van der Waals surface area contributed by atoms with Gasteiger partial charge in [0.1, 0.15) is 0 Å². The first kappa shape index (κ1) is 10.3. The standard InChI is InChI=1S/C14H9O2/c15-10-11-5-4-8-13(9-11)14(16)12-6-2-1-3-7-12/h1-9H. The minimum Gasteiger partial charge on any atom is -0.289 e. The van der Waals surface area contributed by atoms with Crippen molar-refractivity contribution in [2.24, 2.45) is 0 Å². The fourth-order valence-corrected chi connectivity index (χ4v) is 1.48. The quantitative estimate of drug-likeness (QED) is 0.727. The zero-order chi connectivity index (χ0) is 11.4. The van der Waals surface area contributed by atoms with E-state index < -0.39 is 0 Å². The molecule has 0 aliphatic heterocycles. The maximum absolute atomic E-state index is 12.0. The van der Waals surface area contributed by atoms with Crippen LogP contribution >= 0.6 is 0 Å². The first-order valence-electron chi connectivity index (χ1n) is 4.89. The average Bonchev–Trinajstić information content (AvgIpc) is 2.39. The normalized spacial score (nSPS) is 9.75. The minimum absolute atomic E-state index is 0.0855. The highest BCUT2D eigenvalue weighted by Crippen LogP contribution is 2.10. The molecule has 0 spiro atoms. The molecule has 0 saturated carbocycles. The van der Waals surface area contributed by atoms with E-state index in [-0.39, 0.29) is 5.78 Å². The highest BCUT2D eigenvalue weighted by molar-refractivity contribution is 6.09. The Hall–Kier alpha value is -2.22. The Labute approximate surface area is 93.5 Å². The maximum atomic E-state index is 12.0. The molecule has 77 valence electrons. The van der Waals surface area contributed by atoms with Gasteiger partial charge in [-0.3, -0.25) is 9.59 Å². The van der Waals surface area contributed by atoms with Crippen LogP contribution in [0.15, 0.2) is 54.6 Å². The molecule has 2 nitrogen and oxygen atoms in total. The molecule has 0 amide bonds. The third-order valence-electron chi connectivity index (χ3n) is 2.28. The fraction of sp³-hybridized carbons (Fsp3) is 0. The Morgan fingerprint density at radius 1 is 0.875 bits per heavy atom. The van der Waals surface area contributed by atoms with Crippen molar-refractivity contribution in [1.82, 2.24) is 0 Å². The van der Waals surface area contributed by atoms with E-state index >= 15 is 0 Å². The van der Waals surface area contributed by atoms with Crippen LogP contribution in [0.2, 0.25) is 0 Å². The lowest BCUT2D eigenvalue weighted by atomic mass is 10.0. The zero-order valence-corrected chi connectivity index (χ0v) is 8.51. The van der Waals surface area contributed by atoms with Gasteiger partial charge in [-0.1, -0.05) is 48.5 Å². The molecule has 1 radical (unpaired) electrons. The largest absolute Gasteiger partial charge is 0.289 e. The van der Waals surface area contributed by atoms with Gasteiger partial charge in [-0.2, -0.15) is 0 Å². The molecule has 16 heavy (non-hydrogen) atoms. The van der Waals surface area contributed by atoms with Gasteiger partial charge in [0.2, 0.25) is 6.29 Å². The second-order valence-electron chi connectivity index (χ2n) is 3.38. The molecule has 0 aliphatic carbocycles. The van der Waals surface area contributed by atoms with Gasteiger partial charge in [-0.05, 0) is 6.07 Å². The fourth-order valence-electron chi connectivity index (χ4n) is 1.48. The third-order valence-corrected chi connectivity index (χ3v) is 2.28. The van der Waals surface area contributed by atoms with Crippen molar-refractivity contribution in [2.75, 3.05) is 0 Å². The lowest BCUT2D eigenvalue weighted by Crippen LogP contribution is -2.01. The smallest absolute Gasteiger partial charge is 0.233 e. The van der Waals surface area contributed by atoms with E-state index in [0.29, 0.717) is 16.7 Å². The van der Waals surface area contributed by atoms with E-state index in [1.807, 2.05) is 18.2 Å². The number of rotatable bonds is 3. The van der Waals surface area contributed by atoms with Gasteiger partial charge in [-0.15, -0.1) is 0 Å². The summed E-state index contributed by atoms with van der Waals surface area (Å²) in [6.07, 6.45) is 1.77. The van der Waals surface area contributed by atoms with Crippen LogP contribution in [0.1, 0.15) is 21.5 Å². The van der Waals surface area contributed by atoms with E-state index in [9.17, 15) is 9.59 Å². The van der Waals surface area contributed by atoms with Crippen LogP contribution < -0.4 is 0 Å². The number of hydrogen-bond acceptors (Lipinski definition) is 2. The predicted molar refractivity (Wildman–Crippen MR) is 61.1 cm³/mol. The summed E-state index contributed by atoms with van der Waals surface area (Å²) in [6, 6.07) is 15.5. The molecule has 0 saturated heterocycles. The molecular weight excluding hydrogens is 200 g/mol. The van der Waals surface area contributed by atoms with Crippen LogP contribution in [0, 0.1) is 0 Å². The van der Waals surface area contributed by atoms with Gasteiger partial charge in [0.25, 0.3) is 0 Å². The Kier molecular flexibility index (Phi) is 2.92. The van der Waals surface area contributed by atoms with Crippen LogP contribution in [0.3, 0.4) is 0 Å². The van der Waals surface area contributed by atoms with E-state index in [4.69, 9.17) is 0 Å². The molecule has 2 heteroatoms. The third kappa shape index (κ3) is 2.06. The molecule has 2 aromatic carbocycles. The first-order chi connectivity index (χ1) is 7.81. The summed E-state index contributed by atoms with van der Waals surface area (Å²) in [5.41, 5.74) is 1.51. The summed E-state index contributed by atoms with van der Waals surface area (Å²) < 4.78 is 0. The van der Waals surface area contributed by atoms with Crippen LogP contribution in [-0.2, 0) is 4.79 Å². The number of hydrogen-bond donors (Lipinski definition) is 0. The molecule has 0 aromatic heterocycles. The molecule has 0 aliphatic rings. The number of ketones is 1. The lowest BCUT2D eigenvalue weighted by molar-refractivity contribution is 0.103. The van der Waals surface area contributed by atoms with Crippen LogP contribution in [0.25, 0.3) is 0 Å². The van der Waals surface area contributed by atoms with E-state index in [2.05, 4.69) is 0 Å². The molecule has 2 aromatic rings. The average molecular weight is 209 g/mol. The van der Waals surface area contributed by atoms with Gasteiger partial charge in [0.05, 0.1) is 0 Å². The molecule has 0 unspecified atom stereocenters. The molecule has 2 rings (SSSR count). The Morgan fingerprint density at radius 3 is 2.25 bits per heavy atom. The van der Waals surface area contributed by atoms with Crippen LogP contribution in [-0.4, -0.2) is 12.1 Å². The summed E-state index contributed by atoms with van der Waals surface area (Å²) in [6.45, 7) is 0. The van der Waals surface area contributed by atoms with Crippen molar-refractivity contribution >= 4 is 12.1 Å². The van der Waals surface area contributed by atoms with Gasteiger partial charge in [0.15, 0.2) is 5.78 Å². The molecule has 0 N–H and O–H groups in total. The predicted octanol–water partition coefficient (Wildman–Crippen LogP) is 2.38. The molecule has 0 fully saturated rings. The summed E-state index contributed by atoms with van der Waals surface area (Å²) >= 11 is 0. The summed E-state index contributed by atoms with van der Waals surface area (Å²) in [5.74, 6) is -0.0855. The highest BCUT2D eigenvalue weighted by atomic mass is 16.1. The Bertz CT molecular complexity index is 515. The van der Waals surface area contributed by atoms with Crippen LogP contribution in [0.4, 0.5) is 0 Å². The van der Waals surface area contributed by atoms with Gasteiger partial charge < -0.3 is 0 Å². The number of carbonyl (C=O) groups is 1. The summed E-state index contributed by atoms with van der Waals surface area (Å²) in [5, 5.41) is 0. The van der Waals surface area contributed by atoms with Crippen LogP contribution in [0.5, 0.6) is 0 Å². The topological polar surface area (TPSA) is 34.1 Å². The molecule has 0 heterocycles. The second-order valence-corrected chi connectivity index (χ2v) is 3.38. The first-order valence-corrected chi connectivity index (χ1v) is 4.89. The molecule has 0 bridgehead atoms. The van der Waals surface area contributed by atoms with Crippen molar-refractivity contribution < 1.29 is 9.59 Å². The highest BCUT2D eigenvalue weighted by Gasteiger charge is 2.08. The van der Waals surface area contributed by atoms with Gasteiger partial charge >= 0.3 is 0 Å². The van der Waals surface area contributed by atoms with Crippen molar-refractivity contribution in [3.8, 4) is 0 Å². The van der Waals surface area contributed by atoms with Crippen molar-refractivity contribution in [1.29, 1.82) is 0 Å². The number of benzene rings is 2. The van der Waals surface area contributed by atoms with Crippen molar-refractivity contribution in [2.45, 2.75) is 0 Å². The van der Waals surface area contributed by atoms with Gasteiger partial charge in [0, 0.05) is 16.7 Å². The molecule has 0 atom stereocenters. The zero-order valence-electron chi connectivity index (χ0n) is 8.51. The minimum atomic E-state index is -0.0855. The van der Waals surface area contributed by atoms with Gasteiger partial charge in [-0.25, -0.2) is 0 Å². The number of carbonyl (C=O) groups excluding carboxylic acids is 2. The Morgan fingerprint density at radius 2 is 1.56 bits per heavy atom. The second kappa shape index (κ2) is 4.53. The maximum Gasteiger partial charge on any atom is 0.233 e. The lowest BCUT2D eigenvalue weighted by Gasteiger charge is -2.00. The SMILES string of the molecule is O=[C]c1cccc(C(=O)c2ccccc2)c1. The van der Waals surface area contributed by atoms with Crippen molar-refractivity contribution in [3.05, 3.63) is 71.3 Å². The van der Waals surface area contributed by atoms with E-state index in [1.165, 1.54) is 0 Å². The van der Waals surface area contributed by atoms with Crippen molar-refractivity contribution in [3.63, 3.8) is 0 Å². The van der Waals surface area contributed by atoms with E-state index in [1.54, 1.807) is 42.7 Å². The monoisotopic (exact) mass is 209 g/mol. The molecular formula is C14H9O2. The van der Waals surface area contributed by atoms with E-state index in [0.717, 1.165) is 0 Å².